The molecule has 14 heavy (non-hydrogen) atoms. The summed E-state index contributed by atoms with van der Waals surface area (Å²) >= 11 is 1.32. The van der Waals surface area contributed by atoms with Gasteiger partial charge in [-0.05, 0) is 17.9 Å². The molecule has 5 heteroatoms. The Morgan fingerprint density at radius 1 is 1.50 bits per heavy atom. The van der Waals surface area contributed by atoms with Gasteiger partial charge in [0, 0.05) is 16.2 Å². The van der Waals surface area contributed by atoms with Crippen LogP contribution in [0.3, 0.4) is 0 Å². The molecule has 1 heterocycles. The maximum absolute atomic E-state index is 13.4. The first-order valence-electron chi connectivity index (χ1n) is 3.91. The lowest BCUT2D eigenvalue weighted by atomic mass is 10.2. The van der Waals surface area contributed by atoms with Gasteiger partial charge in [0.05, 0.1) is 11.0 Å². The number of hydrogen-bond donors (Lipinski definition) is 0. The Morgan fingerprint density at radius 3 is 2.86 bits per heavy atom. The van der Waals surface area contributed by atoms with Crippen molar-refractivity contribution in [3.63, 3.8) is 0 Å². The summed E-state index contributed by atoms with van der Waals surface area (Å²) in [5.41, 5.74) is 0.620. The lowest BCUT2D eigenvalue weighted by Crippen LogP contribution is -1.89. The van der Waals surface area contributed by atoms with E-state index in [0.717, 1.165) is 11.6 Å². The van der Waals surface area contributed by atoms with E-state index in [-0.39, 0.29) is 5.69 Å². The first-order chi connectivity index (χ1) is 6.59. The van der Waals surface area contributed by atoms with Crippen LogP contribution in [0.5, 0.6) is 0 Å². The Hall–Kier alpha value is -1.49. The van der Waals surface area contributed by atoms with Gasteiger partial charge in [-0.25, -0.2) is 4.39 Å². The van der Waals surface area contributed by atoms with E-state index in [4.69, 9.17) is 0 Å². The fraction of sp³-hybridized carbons (Fsp3) is 0.111. The van der Waals surface area contributed by atoms with Crippen molar-refractivity contribution >= 4 is 27.1 Å². The fourth-order valence-corrected chi connectivity index (χ4v) is 2.35. The molecule has 1 aromatic carbocycles. The molecule has 2 rings (SSSR count). The SMILES string of the molecule is Cc1csc2cc([N+](=O)[O-])cc(F)c12. The van der Waals surface area contributed by atoms with Crippen molar-refractivity contribution in [1.29, 1.82) is 0 Å². The third kappa shape index (κ3) is 1.26. The van der Waals surface area contributed by atoms with E-state index in [2.05, 4.69) is 0 Å². The number of aryl methyl sites for hydroxylation is 1. The summed E-state index contributed by atoms with van der Waals surface area (Å²) in [6, 6.07) is 2.36. The first-order valence-corrected chi connectivity index (χ1v) is 4.79. The van der Waals surface area contributed by atoms with Gasteiger partial charge >= 0.3 is 0 Å². The quantitative estimate of drug-likeness (QED) is 0.536. The molecule has 0 bridgehead atoms. The number of thiophene rings is 1. The van der Waals surface area contributed by atoms with E-state index in [1.54, 1.807) is 12.3 Å². The fourth-order valence-electron chi connectivity index (χ4n) is 1.36. The molecule has 0 saturated heterocycles. The molecule has 0 radical (unpaired) electrons. The zero-order chi connectivity index (χ0) is 10.3. The number of fused-ring (bicyclic) bond motifs is 1. The summed E-state index contributed by atoms with van der Waals surface area (Å²) in [4.78, 5) is 9.86. The van der Waals surface area contributed by atoms with Crippen molar-refractivity contribution in [2.24, 2.45) is 0 Å². The Balaban J connectivity index is 2.80. The molecular formula is C9H6FNO2S. The summed E-state index contributed by atoms with van der Waals surface area (Å²) < 4.78 is 14.0. The summed E-state index contributed by atoms with van der Waals surface area (Å²) in [6.07, 6.45) is 0. The Morgan fingerprint density at radius 2 is 2.21 bits per heavy atom. The van der Waals surface area contributed by atoms with Crippen molar-refractivity contribution in [2.45, 2.75) is 6.92 Å². The van der Waals surface area contributed by atoms with Crippen molar-refractivity contribution in [3.8, 4) is 0 Å². The van der Waals surface area contributed by atoms with E-state index in [9.17, 15) is 14.5 Å². The number of nitro benzene ring substituents is 1. The number of halogens is 1. The molecule has 0 saturated carbocycles. The smallest absolute Gasteiger partial charge is 0.258 e. The molecule has 1 aromatic heterocycles. The van der Waals surface area contributed by atoms with E-state index < -0.39 is 10.7 Å². The Labute approximate surface area is 82.9 Å². The Bertz CT molecular complexity index is 521. The van der Waals surface area contributed by atoms with E-state index >= 15 is 0 Å². The average molecular weight is 211 g/mol. The van der Waals surface area contributed by atoms with Crippen molar-refractivity contribution in [1.82, 2.24) is 0 Å². The molecule has 2 aromatic rings. The molecule has 3 nitrogen and oxygen atoms in total. The molecule has 0 fully saturated rings. The second-order valence-corrected chi connectivity index (χ2v) is 3.89. The number of nitrogens with zero attached hydrogens (tertiary/aromatic N) is 1. The number of hydrogen-bond acceptors (Lipinski definition) is 3. The van der Waals surface area contributed by atoms with Crippen LogP contribution in [0, 0.1) is 22.9 Å². The zero-order valence-electron chi connectivity index (χ0n) is 7.28. The predicted octanol–water partition coefficient (Wildman–Crippen LogP) is 3.26. The van der Waals surface area contributed by atoms with E-state index in [1.165, 1.54) is 17.4 Å². The van der Waals surface area contributed by atoms with Crippen LogP contribution in [0.25, 0.3) is 10.1 Å². The third-order valence-electron chi connectivity index (χ3n) is 2.01. The second kappa shape index (κ2) is 3.02. The lowest BCUT2D eigenvalue weighted by Gasteiger charge is -1.95. The molecule has 72 valence electrons. The maximum Gasteiger partial charge on any atom is 0.273 e. The molecule has 0 aliphatic carbocycles. The topological polar surface area (TPSA) is 43.1 Å². The minimum atomic E-state index is -0.586. The monoisotopic (exact) mass is 211 g/mol. The van der Waals surface area contributed by atoms with Crippen molar-refractivity contribution in [2.75, 3.05) is 0 Å². The standard InChI is InChI=1S/C9H6FNO2S/c1-5-4-14-8-3-6(11(12)13)2-7(10)9(5)8/h2-4H,1H3. The van der Waals surface area contributed by atoms with Crippen LogP contribution in [0.2, 0.25) is 0 Å². The number of nitro groups is 1. The molecule has 0 unspecified atom stereocenters. The molecule has 0 amide bonds. The van der Waals surface area contributed by atoms with Crippen LogP contribution in [0.4, 0.5) is 10.1 Å². The summed E-state index contributed by atoms with van der Waals surface area (Å²) in [5.74, 6) is -0.520. The van der Waals surface area contributed by atoms with Gasteiger partial charge in [0.25, 0.3) is 5.69 Å². The minimum Gasteiger partial charge on any atom is -0.258 e. The molecule has 0 aliphatic heterocycles. The number of non-ortho nitro benzene ring substituents is 1. The summed E-state index contributed by atoms with van der Waals surface area (Å²) in [5, 5.41) is 12.7. The van der Waals surface area contributed by atoms with E-state index in [0.29, 0.717) is 10.1 Å². The molecule has 0 aliphatic rings. The van der Waals surface area contributed by atoms with Crippen LogP contribution < -0.4 is 0 Å². The number of rotatable bonds is 1. The molecular weight excluding hydrogens is 205 g/mol. The lowest BCUT2D eigenvalue weighted by molar-refractivity contribution is -0.384. The Kier molecular flexibility index (Phi) is 1.96. The third-order valence-corrected chi connectivity index (χ3v) is 3.05. The minimum absolute atomic E-state index is 0.197. The van der Waals surface area contributed by atoms with Crippen LogP contribution in [-0.2, 0) is 0 Å². The van der Waals surface area contributed by atoms with Crippen LogP contribution in [0.15, 0.2) is 17.5 Å². The van der Waals surface area contributed by atoms with Crippen LogP contribution in [-0.4, -0.2) is 4.92 Å². The van der Waals surface area contributed by atoms with Gasteiger partial charge in [0.1, 0.15) is 5.82 Å². The van der Waals surface area contributed by atoms with Gasteiger partial charge in [-0.15, -0.1) is 11.3 Å². The van der Waals surface area contributed by atoms with Gasteiger partial charge in [-0.1, -0.05) is 0 Å². The molecule has 0 spiro atoms. The molecule has 0 N–H and O–H groups in total. The zero-order valence-corrected chi connectivity index (χ0v) is 8.10. The normalized spacial score (nSPS) is 10.7. The largest absolute Gasteiger partial charge is 0.273 e. The van der Waals surface area contributed by atoms with Crippen molar-refractivity contribution in [3.05, 3.63) is 39.0 Å². The highest BCUT2D eigenvalue weighted by Crippen LogP contribution is 2.31. The molecule has 0 atom stereocenters. The van der Waals surface area contributed by atoms with Gasteiger partial charge in [0.2, 0.25) is 0 Å². The highest BCUT2D eigenvalue weighted by molar-refractivity contribution is 7.17. The number of benzene rings is 1. The van der Waals surface area contributed by atoms with Gasteiger partial charge in [0.15, 0.2) is 0 Å². The predicted molar refractivity (Wildman–Crippen MR) is 53.2 cm³/mol. The first kappa shape index (κ1) is 9.08. The van der Waals surface area contributed by atoms with Gasteiger partial charge in [-0.2, -0.15) is 0 Å². The van der Waals surface area contributed by atoms with Crippen LogP contribution >= 0.6 is 11.3 Å². The maximum atomic E-state index is 13.4. The second-order valence-electron chi connectivity index (χ2n) is 2.98. The van der Waals surface area contributed by atoms with Crippen LogP contribution in [0.1, 0.15) is 5.56 Å². The van der Waals surface area contributed by atoms with Crippen molar-refractivity contribution < 1.29 is 9.31 Å². The van der Waals surface area contributed by atoms with E-state index in [1.807, 2.05) is 0 Å². The highest BCUT2D eigenvalue weighted by Gasteiger charge is 2.13. The summed E-state index contributed by atoms with van der Waals surface area (Å²) in [6.45, 7) is 1.79. The van der Waals surface area contributed by atoms with Gasteiger partial charge in [-0.3, -0.25) is 10.1 Å². The highest BCUT2D eigenvalue weighted by atomic mass is 32.1. The van der Waals surface area contributed by atoms with Gasteiger partial charge < -0.3 is 0 Å². The average Bonchev–Trinajstić information content (AvgIpc) is 2.48. The summed E-state index contributed by atoms with van der Waals surface area (Å²) in [7, 11) is 0.